The summed E-state index contributed by atoms with van der Waals surface area (Å²) in [6.07, 6.45) is 3.75. The van der Waals surface area contributed by atoms with Crippen LogP contribution < -0.4 is 5.32 Å². The molecule has 1 fully saturated rings. The van der Waals surface area contributed by atoms with E-state index in [0.29, 0.717) is 18.0 Å². The molecule has 1 aromatic rings. The molecular formula is C14H19ClFN. The third-order valence-corrected chi connectivity index (χ3v) is 4.10. The summed E-state index contributed by atoms with van der Waals surface area (Å²) in [4.78, 5) is 0. The van der Waals surface area contributed by atoms with E-state index < -0.39 is 0 Å². The lowest BCUT2D eigenvalue weighted by Gasteiger charge is -2.28. The van der Waals surface area contributed by atoms with Gasteiger partial charge in [-0.05, 0) is 36.0 Å². The third kappa shape index (κ3) is 2.99. The topological polar surface area (TPSA) is 12.0 Å². The molecule has 1 nitrogen and oxygen atoms in total. The average molecular weight is 256 g/mol. The predicted molar refractivity (Wildman–Crippen MR) is 69.7 cm³/mol. The van der Waals surface area contributed by atoms with Crippen LogP contribution in [0.4, 0.5) is 4.39 Å². The Kier molecular flexibility index (Phi) is 3.74. The van der Waals surface area contributed by atoms with Gasteiger partial charge in [0, 0.05) is 12.6 Å². The van der Waals surface area contributed by atoms with Crippen LogP contribution in [0.3, 0.4) is 0 Å². The first-order valence-electron chi connectivity index (χ1n) is 6.16. The fourth-order valence-corrected chi connectivity index (χ4v) is 2.71. The van der Waals surface area contributed by atoms with Gasteiger partial charge in [-0.2, -0.15) is 0 Å². The molecule has 1 aliphatic carbocycles. The summed E-state index contributed by atoms with van der Waals surface area (Å²) in [6.45, 7) is 5.29. The normalized spacial score (nSPS) is 22.9. The first-order chi connectivity index (χ1) is 7.99. The minimum Gasteiger partial charge on any atom is -0.309 e. The highest BCUT2D eigenvalue weighted by Gasteiger charge is 2.33. The fraction of sp³-hybridized carbons (Fsp3) is 0.571. The van der Waals surface area contributed by atoms with Gasteiger partial charge in [-0.15, -0.1) is 0 Å². The standard InChI is InChI=1S/C14H19ClFN/c1-14(2)7-3-4-13(14)17-9-10-5-6-11(15)12(16)8-10/h5-6,8,13,17H,3-4,7,9H2,1-2H3. The highest BCUT2D eigenvalue weighted by atomic mass is 35.5. The van der Waals surface area contributed by atoms with Gasteiger partial charge >= 0.3 is 0 Å². The number of hydrogen-bond acceptors (Lipinski definition) is 1. The van der Waals surface area contributed by atoms with Gasteiger partial charge in [0.05, 0.1) is 5.02 Å². The van der Waals surface area contributed by atoms with Crippen molar-refractivity contribution in [3.05, 3.63) is 34.6 Å². The lowest BCUT2D eigenvalue weighted by Crippen LogP contribution is -2.37. The van der Waals surface area contributed by atoms with Gasteiger partial charge in [0.15, 0.2) is 0 Å². The minimum atomic E-state index is -0.336. The molecule has 94 valence electrons. The van der Waals surface area contributed by atoms with Gasteiger partial charge < -0.3 is 5.32 Å². The van der Waals surface area contributed by atoms with Crippen LogP contribution in [0.15, 0.2) is 18.2 Å². The van der Waals surface area contributed by atoms with E-state index in [1.807, 2.05) is 6.07 Å². The highest BCUT2D eigenvalue weighted by molar-refractivity contribution is 6.30. The van der Waals surface area contributed by atoms with Gasteiger partial charge in [0.1, 0.15) is 5.82 Å². The highest BCUT2D eigenvalue weighted by Crippen LogP contribution is 2.37. The number of halogens is 2. The SMILES string of the molecule is CC1(C)CCCC1NCc1ccc(Cl)c(F)c1. The fourth-order valence-electron chi connectivity index (χ4n) is 2.60. The zero-order valence-electron chi connectivity index (χ0n) is 10.4. The van der Waals surface area contributed by atoms with Crippen molar-refractivity contribution in [1.29, 1.82) is 0 Å². The van der Waals surface area contributed by atoms with E-state index in [4.69, 9.17) is 11.6 Å². The van der Waals surface area contributed by atoms with E-state index in [9.17, 15) is 4.39 Å². The second-order valence-corrected chi connectivity index (χ2v) is 5.97. The van der Waals surface area contributed by atoms with Crippen molar-refractivity contribution >= 4 is 11.6 Å². The van der Waals surface area contributed by atoms with Crippen molar-refractivity contribution in [2.45, 2.75) is 45.7 Å². The summed E-state index contributed by atoms with van der Waals surface area (Å²) in [5, 5.41) is 3.71. The molecular weight excluding hydrogens is 237 g/mol. The lowest BCUT2D eigenvalue weighted by molar-refractivity contribution is 0.282. The quantitative estimate of drug-likeness (QED) is 0.856. The van der Waals surface area contributed by atoms with Crippen LogP contribution >= 0.6 is 11.6 Å². The molecule has 1 aliphatic rings. The minimum absolute atomic E-state index is 0.190. The van der Waals surface area contributed by atoms with Crippen LogP contribution in [-0.2, 0) is 6.54 Å². The molecule has 0 aromatic heterocycles. The third-order valence-electron chi connectivity index (χ3n) is 3.79. The Bertz CT molecular complexity index is 403. The van der Waals surface area contributed by atoms with Gasteiger partial charge in [0.25, 0.3) is 0 Å². The Balaban J connectivity index is 1.96. The molecule has 0 bridgehead atoms. The van der Waals surface area contributed by atoms with Gasteiger partial charge in [-0.25, -0.2) is 4.39 Å². The molecule has 3 heteroatoms. The molecule has 1 saturated carbocycles. The van der Waals surface area contributed by atoms with Crippen LogP contribution in [0, 0.1) is 11.2 Å². The molecule has 0 aliphatic heterocycles. The summed E-state index contributed by atoms with van der Waals surface area (Å²) < 4.78 is 13.3. The maximum atomic E-state index is 13.3. The summed E-state index contributed by atoms with van der Waals surface area (Å²) in [5.74, 6) is -0.336. The smallest absolute Gasteiger partial charge is 0.142 e. The van der Waals surface area contributed by atoms with Gasteiger partial charge in [-0.1, -0.05) is 37.9 Å². The molecule has 0 saturated heterocycles. The Morgan fingerprint density at radius 3 is 2.82 bits per heavy atom. The van der Waals surface area contributed by atoms with E-state index in [-0.39, 0.29) is 10.8 Å². The van der Waals surface area contributed by atoms with Crippen molar-refractivity contribution < 1.29 is 4.39 Å². The summed E-state index contributed by atoms with van der Waals surface area (Å²) in [7, 11) is 0. The van der Waals surface area contributed by atoms with Crippen molar-refractivity contribution in [2.75, 3.05) is 0 Å². The van der Waals surface area contributed by atoms with Crippen molar-refractivity contribution in [1.82, 2.24) is 5.32 Å². The molecule has 0 amide bonds. The van der Waals surface area contributed by atoms with E-state index in [2.05, 4.69) is 19.2 Å². The number of nitrogens with one attached hydrogen (secondary N) is 1. The molecule has 0 heterocycles. The van der Waals surface area contributed by atoms with Crippen LogP contribution in [0.25, 0.3) is 0 Å². The van der Waals surface area contributed by atoms with Crippen molar-refractivity contribution in [2.24, 2.45) is 5.41 Å². The largest absolute Gasteiger partial charge is 0.309 e. The zero-order chi connectivity index (χ0) is 12.5. The number of benzene rings is 1. The molecule has 2 rings (SSSR count). The van der Waals surface area contributed by atoms with Crippen LogP contribution in [0.1, 0.15) is 38.7 Å². The zero-order valence-corrected chi connectivity index (χ0v) is 11.1. The molecule has 1 unspecified atom stereocenters. The van der Waals surface area contributed by atoms with Crippen LogP contribution in [-0.4, -0.2) is 6.04 Å². The Morgan fingerprint density at radius 1 is 1.47 bits per heavy atom. The second-order valence-electron chi connectivity index (χ2n) is 5.56. The predicted octanol–water partition coefficient (Wildman–Crippen LogP) is 4.15. The molecule has 0 radical (unpaired) electrons. The number of hydrogen-bond donors (Lipinski definition) is 1. The molecule has 1 atom stereocenters. The van der Waals surface area contributed by atoms with E-state index in [1.165, 1.54) is 25.3 Å². The van der Waals surface area contributed by atoms with E-state index in [1.54, 1.807) is 6.07 Å². The number of rotatable bonds is 3. The van der Waals surface area contributed by atoms with Crippen LogP contribution in [0.5, 0.6) is 0 Å². The van der Waals surface area contributed by atoms with Crippen molar-refractivity contribution in [3.8, 4) is 0 Å². The monoisotopic (exact) mass is 255 g/mol. The molecule has 1 aromatic carbocycles. The summed E-state index contributed by atoms with van der Waals surface area (Å²) in [6, 6.07) is 5.53. The van der Waals surface area contributed by atoms with Gasteiger partial charge in [-0.3, -0.25) is 0 Å². The lowest BCUT2D eigenvalue weighted by atomic mass is 9.87. The Hall–Kier alpha value is -0.600. The van der Waals surface area contributed by atoms with E-state index in [0.717, 1.165) is 5.56 Å². The maximum Gasteiger partial charge on any atom is 0.142 e. The van der Waals surface area contributed by atoms with Crippen molar-refractivity contribution in [3.63, 3.8) is 0 Å². The summed E-state index contributed by atoms with van der Waals surface area (Å²) >= 11 is 5.66. The van der Waals surface area contributed by atoms with Gasteiger partial charge in [0.2, 0.25) is 0 Å². The molecule has 17 heavy (non-hydrogen) atoms. The Labute approximate surface area is 107 Å². The average Bonchev–Trinajstić information content (AvgIpc) is 2.60. The van der Waals surface area contributed by atoms with E-state index >= 15 is 0 Å². The first-order valence-corrected chi connectivity index (χ1v) is 6.54. The summed E-state index contributed by atoms with van der Waals surface area (Å²) in [5.41, 5.74) is 1.31. The Morgan fingerprint density at radius 2 is 2.24 bits per heavy atom. The first kappa shape index (κ1) is 12.8. The molecule has 0 spiro atoms. The maximum absolute atomic E-state index is 13.3. The molecule has 1 N–H and O–H groups in total. The van der Waals surface area contributed by atoms with Crippen LogP contribution in [0.2, 0.25) is 5.02 Å². The second kappa shape index (κ2) is 4.95.